The number of para-hydroxylation sites is 1. The topological polar surface area (TPSA) is 39.7 Å². The van der Waals surface area contributed by atoms with Crippen molar-refractivity contribution in [2.45, 2.75) is 39.8 Å². The van der Waals surface area contributed by atoms with Crippen LogP contribution in [0.15, 0.2) is 24.3 Å². The number of nitrogens with one attached hydrogen (secondary N) is 1. The molecule has 0 aliphatic rings. The summed E-state index contributed by atoms with van der Waals surface area (Å²) in [6.07, 6.45) is 0. The summed E-state index contributed by atoms with van der Waals surface area (Å²) in [7, 11) is 0. The predicted molar refractivity (Wildman–Crippen MR) is 85.8 cm³/mol. The van der Waals surface area contributed by atoms with E-state index in [1.54, 1.807) is 0 Å². The molecule has 4 heteroatoms. The molecule has 0 aliphatic carbocycles. The lowest BCUT2D eigenvalue weighted by Gasteiger charge is -2.19. The van der Waals surface area contributed by atoms with Crippen molar-refractivity contribution in [2.75, 3.05) is 33.0 Å². The van der Waals surface area contributed by atoms with Gasteiger partial charge >= 0.3 is 0 Å². The molecule has 0 heterocycles. The van der Waals surface area contributed by atoms with Gasteiger partial charge in [0.15, 0.2) is 0 Å². The Morgan fingerprint density at radius 1 is 1.00 bits per heavy atom. The molecule has 0 saturated heterocycles. The van der Waals surface area contributed by atoms with E-state index < -0.39 is 0 Å². The lowest BCUT2D eigenvalue weighted by molar-refractivity contribution is -0.0376. The van der Waals surface area contributed by atoms with Crippen molar-refractivity contribution in [1.82, 2.24) is 5.32 Å². The second-order valence-electron chi connectivity index (χ2n) is 5.81. The van der Waals surface area contributed by atoms with Gasteiger partial charge in [-0.2, -0.15) is 0 Å². The van der Waals surface area contributed by atoms with Crippen LogP contribution >= 0.6 is 0 Å². The molecule has 120 valence electrons. The van der Waals surface area contributed by atoms with Crippen molar-refractivity contribution in [3.63, 3.8) is 0 Å². The van der Waals surface area contributed by atoms with Gasteiger partial charge in [0.2, 0.25) is 0 Å². The summed E-state index contributed by atoms with van der Waals surface area (Å²) in [5.74, 6) is 0.924. The molecule has 0 spiro atoms. The fraction of sp³-hybridized carbons (Fsp3) is 0.647. The smallest absolute Gasteiger partial charge is 0.123 e. The average molecular weight is 295 g/mol. The summed E-state index contributed by atoms with van der Waals surface area (Å²) in [6.45, 7) is 12.3. The van der Waals surface area contributed by atoms with Gasteiger partial charge in [-0.25, -0.2) is 0 Å². The molecule has 0 saturated carbocycles. The van der Waals surface area contributed by atoms with Gasteiger partial charge in [0, 0.05) is 12.1 Å². The highest BCUT2D eigenvalue weighted by Gasteiger charge is 2.08. The predicted octanol–water partition coefficient (Wildman–Crippen LogP) is 3.01. The van der Waals surface area contributed by atoms with E-state index in [2.05, 4.69) is 18.3 Å². The molecule has 0 amide bonds. The Balaban J connectivity index is 2.18. The number of ether oxygens (including phenoxy) is 3. The second-order valence-corrected chi connectivity index (χ2v) is 5.81. The van der Waals surface area contributed by atoms with Gasteiger partial charge in [0.05, 0.1) is 25.4 Å². The minimum absolute atomic E-state index is 0.106. The van der Waals surface area contributed by atoms with E-state index in [1.165, 1.54) is 5.56 Å². The Hall–Kier alpha value is -1.10. The molecule has 1 rings (SSSR count). The molecule has 1 N–H and O–H groups in total. The molecule has 0 fully saturated rings. The minimum atomic E-state index is -0.106. The maximum atomic E-state index is 5.78. The van der Waals surface area contributed by atoms with Crippen LogP contribution < -0.4 is 10.1 Å². The summed E-state index contributed by atoms with van der Waals surface area (Å²) in [5.41, 5.74) is 1.07. The third-order valence-electron chi connectivity index (χ3n) is 2.79. The van der Waals surface area contributed by atoms with Crippen molar-refractivity contribution in [2.24, 2.45) is 0 Å². The van der Waals surface area contributed by atoms with E-state index in [4.69, 9.17) is 14.2 Å². The van der Waals surface area contributed by atoms with E-state index in [0.29, 0.717) is 26.4 Å². The molecule has 0 radical (unpaired) electrons. The van der Waals surface area contributed by atoms with Crippen LogP contribution in [0.1, 0.15) is 33.3 Å². The van der Waals surface area contributed by atoms with Crippen molar-refractivity contribution in [1.29, 1.82) is 0 Å². The van der Waals surface area contributed by atoms with Crippen molar-refractivity contribution < 1.29 is 14.2 Å². The van der Waals surface area contributed by atoms with Crippen molar-refractivity contribution in [3.05, 3.63) is 29.8 Å². The van der Waals surface area contributed by atoms with Crippen LogP contribution in [0.5, 0.6) is 5.75 Å². The summed E-state index contributed by atoms with van der Waals surface area (Å²) in [4.78, 5) is 0. The van der Waals surface area contributed by atoms with Gasteiger partial charge in [0.25, 0.3) is 0 Å². The Morgan fingerprint density at radius 3 is 2.43 bits per heavy atom. The monoisotopic (exact) mass is 295 g/mol. The fourth-order valence-electron chi connectivity index (χ4n) is 1.77. The zero-order chi connectivity index (χ0) is 15.6. The van der Waals surface area contributed by atoms with Crippen LogP contribution in [0.25, 0.3) is 0 Å². The molecule has 0 unspecified atom stereocenters. The number of rotatable bonds is 10. The van der Waals surface area contributed by atoms with Crippen LogP contribution in [0.3, 0.4) is 0 Å². The lowest BCUT2D eigenvalue weighted by Crippen LogP contribution is -2.22. The molecule has 1 aromatic carbocycles. The van der Waals surface area contributed by atoms with Crippen LogP contribution in [0.2, 0.25) is 0 Å². The SMILES string of the molecule is CCNCc1ccccc1OCCOCCOC(C)(C)C. The van der Waals surface area contributed by atoms with E-state index in [9.17, 15) is 0 Å². The summed E-state index contributed by atoms with van der Waals surface area (Å²) in [5, 5.41) is 3.31. The molecule has 1 aromatic rings. The average Bonchev–Trinajstić information content (AvgIpc) is 2.44. The fourth-order valence-corrected chi connectivity index (χ4v) is 1.77. The Kier molecular flexibility index (Phi) is 8.35. The number of hydrogen-bond acceptors (Lipinski definition) is 4. The quantitative estimate of drug-likeness (QED) is 0.674. The number of hydrogen-bond donors (Lipinski definition) is 1. The molecular formula is C17H29NO3. The van der Waals surface area contributed by atoms with Crippen molar-refractivity contribution >= 4 is 0 Å². The van der Waals surface area contributed by atoms with Crippen LogP contribution in [-0.4, -0.2) is 38.6 Å². The van der Waals surface area contributed by atoms with Gasteiger partial charge in [-0.15, -0.1) is 0 Å². The third-order valence-corrected chi connectivity index (χ3v) is 2.79. The highest BCUT2D eigenvalue weighted by atomic mass is 16.5. The first-order chi connectivity index (χ1) is 10.0. The highest BCUT2D eigenvalue weighted by Crippen LogP contribution is 2.17. The third kappa shape index (κ3) is 8.71. The molecular weight excluding hydrogens is 266 g/mol. The first-order valence-corrected chi connectivity index (χ1v) is 7.66. The molecule has 0 aromatic heterocycles. The van der Waals surface area contributed by atoms with E-state index >= 15 is 0 Å². The zero-order valence-corrected chi connectivity index (χ0v) is 13.8. The Bertz CT molecular complexity index is 388. The second kappa shape index (κ2) is 9.77. The Morgan fingerprint density at radius 2 is 1.71 bits per heavy atom. The van der Waals surface area contributed by atoms with Crippen molar-refractivity contribution in [3.8, 4) is 5.75 Å². The molecule has 0 bridgehead atoms. The Labute approximate surface area is 128 Å². The first-order valence-electron chi connectivity index (χ1n) is 7.66. The molecule has 4 nitrogen and oxygen atoms in total. The highest BCUT2D eigenvalue weighted by molar-refractivity contribution is 5.33. The maximum absolute atomic E-state index is 5.78. The summed E-state index contributed by atoms with van der Waals surface area (Å²) >= 11 is 0. The number of benzene rings is 1. The van der Waals surface area contributed by atoms with Crippen LogP contribution in [0.4, 0.5) is 0 Å². The van der Waals surface area contributed by atoms with E-state index in [1.807, 2.05) is 39.0 Å². The first kappa shape index (κ1) is 18.0. The van der Waals surface area contributed by atoms with E-state index in [-0.39, 0.29) is 5.60 Å². The van der Waals surface area contributed by atoms with Gasteiger partial charge in [-0.1, -0.05) is 25.1 Å². The summed E-state index contributed by atoms with van der Waals surface area (Å²) in [6, 6.07) is 8.09. The maximum Gasteiger partial charge on any atom is 0.123 e. The lowest BCUT2D eigenvalue weighted by atomic mass is 10.2. The molecule has 21 heavy (non-hydrogen) atoms. The van der Waals surface area contributed by atoms with Crippen LogP contribution in [-0.2, 0) is 16.0 Å². The van der Waals surface area contributed by atoms with Crippen LogP contribution in [0, 0.1) is 0 Å². The minimum Gasteiger partial charge on any atom is -0.491 e. The van der Waals surface area contributed by atoms with Gasteiger partial charge in [-0.3, -0.25) is 0 Å². The molecule has 0 aliphatic heterocycles. The standard InChI is InChI=1S/C17H29NO3/c1-5-18-14-15-8-6-7-9-16(15)20-12-10-19-11-13-21-17(2,3)4/h6-9,18H,5,10-14H2,1-4H3. The summed E-state index contributed by atoms with van der Waals surface area (Å²) < 4.78 is 16.9. The zero-order valence-electron chi connectivity index (χ0n) is 13.8. The molecule has 0 atom stereocenters. The van der Waals surface area contributed by atoms with Gasteiger partial charge in [-0.05, 0) is 33.4 Å². The van der Waals surface area contributed by atoms with E-state index in [0.717, 1.165) is 18.8 Å². The largest absolute Gasteiger partial charge is 0.491 e. The van der Waals surface area contributed by atoms with Gasteiger partial charge < -0.3 is 19.5 Å². The van der Waals surface area contributed by atoms with Gasteiger partial charge in [0.1, 0.15) is 12.4 Å². The normalized spacial score (nSPS) is 11.6.